The number of carbonyl (C=O) groups excluding carboxylic acids is 3. The molecule has 0 saturated heterocycles. The molecule has 5 rings (SSSR count). The molecule has 0 radical (unpaired) electrons. The zero-order chi connectivity index (χ0) is 24.5. The van der Waals surface area contributed by atoms with Crippen LogP contribution in [-0.2, 0) is 14.4 Å². The molecule has 0 aromatic heterocycles. The second kappa shape index (κ2) is 9.82. The van der Waals surface area contributed by atoms with E-state index in [1.165, 1.54) is 0 Å². The van der Waals surface area contributed by atoms with Crippen molar-refractivity contribution in [3.8, 4) is 5.75 Å². The summed E-state index contributed by atoms with van der Waals surface area (Å²) in [5.74, 6) is -0.0971. The van der Waals surface area contributed by atoms with Gasteiger partial charge < -0.3 is 15.0 Å². The van der Waals surface area contributed by atoms with Crippen molar-refractivity contribution in [3.05, 3.63) is 81.1 Å². The minimum atomic E-state index is -0.485. The molecule has 1 amide bonds. The van der Waals surface area contributed by atoms with Crippen LogP contribution >= 0.6 is 15.9 Å². The summed E-state index contributed by atoms with van der Waals surface area (Å²) in [7, 11) is 1.98. The van der Waals surface area contributed by atoms with E-state index in [4.69, 9.17) is 4.74 Å². The topological polar surface area (TPSA) is 75.7 Å². The average molecular weight is 535 g/mol. The Hall–Kier alpha value is -3.19. The Labute approximate surface area is 213 Å². The number of rotatable bonds is 5. The highest BCUT2D eigenvalue weighted by molar-refractivity contribution is 9.10. The van der Waals surface area contributed by atoms with Crippen LogP contribution < -0.4 is 10.1 Å². The van der Waals surface area contributed by atoms with Crippen LogP contribution in [0.4, 0.5) is 5.69 Å². The van der Waals surface area contributed by atoms with Crippen LogP contribution in [0.15, 0.2) is 75.5 Å². The van der Waals surface area contributed by atoms with Crippen molar-refractivity contribution in [2.75, 3.05) is 19.0 Å². The van der Waals surface area contributed by atoms with Gasteiger partial charge >= 0.3 is 0 Å². The first-order chi connectivity index (χ1) is 16.9. The maximum Gasteiger partial charge on any atom is 0.262 e. The van der Waals surface area contributed by atoms with Gasteiger partial charge in [-0.15, -0.1) is 0 Å². The first-order valence-electron chi connectivity index (χ1n) is 12.0. The predicted octanol–water partition coefficient (Wildman–Crippen LogP) is 5.51. The molecule has 2 aliphatic carbocycles. The van der Waals surface area contributed by atoms with E-state index in [0.717, 1.165) is 47.1 Å². The molecule has 3 aliphatic rings. The number of Topliss-reactive ketones (excluding diaryl/α,β-unsaturated/α-hetero) is 2. The summed E-state index contributed by atoms with van der Waals surface area (Å²) in [4.78, 5) is 41.2. The van der Waals surface area contributed by atoms with Gasteiger partial charge in [0.05, 0.1) is 0 Å². The lowest BCUT2D eigenvalue weighted by molar-refractivity contribution is -0.119. The second-order valence-corrected chi connectivity index (χ2v) is 10.1. The molecule has 1 N–H and O–H groups in total. The summed E-state index contributed by atoms with van der Waals surface area (Å²) in [6.07, 6.45) is 4.19. The summed E-state index contributed by atoms with van der Waals surface area (Å²) in [6.45, 7) is -0.185. The van der Waals surface area contributed by atoms with Gasteiger partial charge in [-0.1, -0.05) is 34.1 Å². The fourth-order valence-corrected chi connectivity index (χ4v) is 5.78. The summed E-state index contributed by atoms with van der Waals surface area (Å²) in [6, 6.07) is 14.8. The first kappa shape index (κ1) is 23.5. The molecular weight excluding hydrogens is 508 g/mol. The Morgan fingerprint density at radius 2 is 1.60 bits per heavy atom. The molecule has 2 aromatic carbocycles. The van der Waals surface area contributed by atoms with Gasteiger partial charge in [0.15, 0.2) is 18.2 Å². The van der Waals surface area contributed by atoms with E-state index in [1.807, 2.05) is 49.5 Å². The normalized spacial score (nSPS) is 18.4. The van der Waals surface area contributed by atoms with Gasteiger partial charge in [0.1, 0.15) is 5.75 Å². The van der Waals surface area contributed by atoms with Crippen LogP contribution in [0.5, 0.6) is 5.75 Å². The molecular formula is C28H27BrN2O4. The van der Waals surface area contributed by atoms with Crippen LogP contribution in [-0.4, -0.2) is 36.0 Å². The van der Waals surface area contributed by atoms with Crippen LogP contribution in [0.1, 0.15) is 50.0 Å². The van der Waals surface area contributed by atoms with Gasteiger partial charge in [0.25, 0.3) is 5.91 Å². The van der Waals surface area contributed by atoms with Crippen molar-refractivity contribution in [3.63, 3.8) is 0 Å². The number of nitrogens with zero attached hydrogens (tertiary/aromatic N) is 1. The molecule has 0 atom stereocenters. The van der Waals surface area contributed by atoms with Crippen LogP contribution in [0.25, 0.3) is 0 Å². The first-order valence-corrected chi connectivity index (χ1v) is 12.8. The van der Waals surface area contributed by atoms with E-state index in [9.17, 15) is 14.4 Å². The lowest BCUT2D eigenvalue weighted by Gasteiger charge is -2.42. The Bertz CT molecular complexity index is 1220. The van der Waals surface area contributed by atoms with Crippen LogP contribution in [0.2, 0.25) is 0 Å². The molecule has 1 heterocycles. The molecule has 0 saturated carbocycles. The van der Waals surface area contributed by atoms with Gasteiger partial charge in [-0.25, -0.2) is 0 Å². The third-order valence-corrected chi connectivity index (χ3v) is 7.44. The minimum Gasteiger partial charge on any atom is -0.483 e. The van der Waals surface area contributed by atoms with E-state index in [0.29, 0.717) is 35.4 Å². The molecule has 0 spiro atoms. The Morgan fingerprint density at radius 3 is 2.23 bits per heavy atom. The standard InChI is InChI=1S/C28H27BrN2O4/c1-31-20-9-5-11-22(32)27(20)26(28-21(31)10-6-12-23(28)33)19-15-17(29)13-14-24(19)35-16-25(34)30-18-7-3-2-4-8-18/h2-4,7-8,13-15,26H,5-6,9-12,16H2,1H3,(H,30,34). The summed E-state index contributed by atoms with van der Waals surface area (Å²) >= 11 is 3.56. The van der Waals surface area contributed by atoms with E-state index in [2.05, 4.69) is 26.1 Å². The molecule has 0 bridgehead atoms. The highest BCUT2D eigenvalue weighted by Crippen LogP contribution is 2.50. The van der Waals surface area contributed by atoms with Gasteiger partial charge in [-0.2, -0.15) is 0 Å². The maximum atomic E-state index is 13.3. The highest BCUT2D eigenvalue weighted by Gasteiger charge is 2.43. The van der Waals surface area contributed by atoms with Gasteiger partial charge in [0, 0.05) is 64.1 Å². The number of hydrogen-bond acceptors (Lipinski definition) is 5. The Kier molecular flexibility index (Phi) is 6.60. The number of nitrogens with one attached hydrogen (secondary N) is 1. The number of hydrogen-bond donors (Lipinski definition) is 1. The summed E-state index contributed by atoms with van der Waals surface area (Å²) in [5.41, 5.74) is 4.84. The van der Waals surface area contributed by atoms with Crippen molar-refractivity contribution in [1.29, 1.82) is 0 Å². The van der Waals surface area contributed by atoms with Gasteiger partial charge in [0.2, 0.25) is 0 Å². The zero-order valence-corrected chi connectivity index (χ0v) is 21.2. The van der Waals surface area contributed by atoms with Crippen molar-refractivity contribution in [1.82, 2.24) is 4.90 Å². The van der Waals surface area contributed by atoms with Crippen LogP contribution in [0, 0.1) is 0 Å². The minimum absolute atomic E-state index is 0.0840. The van der Waals surface area contributed by atoms with Gasteiger partial charge in [-0.3, -0.25) is 14.4 Å². The Balaban J connectivity index is 1.53. The lowest BCUT2D eigenvalue weighted by Crippen LogP contribution is -2.37. The number of ether oxygens (including phenoxy) is 1. The lowest BCUT2D eigenvalue weighted by atomic mass is 9.71. The Morgan fingerprint density at radius 1 is 0.971 bits per heavy atom. The predicted molar refractivity (Wildman–Crippen MR) is 137 cm³/mol. The highest BCUT2D eigenvalue weighted by atomic mass is 79.9. The fourth-order valence-electron chi connectivity index (χ4n) is 5.40. The number of para-hydroxylation sites is 1. The smallest absolute Gasteiger partial charge is 0.262 e. The number of benzene rings is 2. The SMILES string of the molecule is CN1C2=C(C(=O)CCC2)C(c2cc(Br)ccc2OCC(=O)Nc2ccccc2)C2=C1CCCC2=O. The third kappa shape index (κ3) is 4.57. The van der Waals surface area contributed by atoms with E-state index in [1.54, 1.807) is 6.07 Å². The van der Waals surface area contributed by atoms with Crippen molar-refractivity contribution in [2.24, 2.45) is 0 Å². The average Bonchev–Trinajstić information content (AvgIpc) is 2.85. The quantitative estimate of drug-likeness (QED) is 0.547. The third-order valence-electron chi connectivity index (χ3n) is 6.94. The van der Waals surface area contributed by atoms with Crippen molar-refractivity contribution in [2.45, 2.75) is 44.4 Å². The number of carbonyl (C=O) groups is 3. The number of amides is 1. The van der Waals surface area contributed by atoms with E-state index in [-0.39, 0.29) is 24.1 Å². The van der Waals surface area contributed by atoms with Crippen molar-refractivity contribution >= 4 is 39.1 Å². The molecule has 0 unspecified atom stereocenters. The van der Waals surface area contributed by atoms with Crippen molar-refractivity contribution < 1.29 is 19.1 Å². The molecule has 1 aliphatic heterocycles. The summed E-state index contributed by atoms with van der Waals surface area (Å²) < 4.78 is 6.84. The number of allylic oxidation sites excluding steroid dienone is 4. The number of ketones is 2. The monoisotopic (exact) mass is 534 g/mol. The zero-order valence-electron chi connectivity index (χ0n) is 19.6. The number of halogens is 1. The summed E-state index contributed by atoms with van der Waals surface area (Å²) in [5, 5.41) is 2.83. The molecule has 6 nitrogen and oxygen atoms in total. The number of anilines is 1. The molecule has 180 valence electrons. The molecule has 35 heavy (non-hydrogen) atoms. The van der Waals surface area contributed by atoms with E-state index >= 15 is 0 Å². The second-order valence-electron chi connectivity index (χ2n) is 9.15. The molecule has 7 heteroatoms. The maximum absolute atomic E-state index is 13.3. The van der Waals surface area contributed by atoms with Gasteiger partial charge in [-0.05, 0) is 56.0 Å². The largest absolute Gasteiger partial charge is 0.483 e. The molecule has 0 fully saturated rings. The van der Waals surface area contributed by atoms with E-state index < -0.39 is 5.92 Å². The fraction of sp³-hybridized carbons (Fsp3) is 0.321. The van der Waals surface area contributed by atoms with Crippen LogP contribution in [0.3, 0.4) is 0 Å². The molecule has 2 aromatic rings.